The van der Waals surface area contributed by atoms with Gasteiger partial charge >= 0.3 is 0 Å². The maximum Gasteiger partial charge on any atom is 0.244 e. The van der Waals surface area contributed by atoms with Gasteiger partial charge in [0.1, 0.15) is 16.4 Å². The first-order valence-corrected chi connectivity index (χ1v) is 9.97. The number of hydrazine groups is 1. The lowest BCUT2D eigenvalue weighted by molar-refractivity contribution is -0.133. The molecule has 3 rings (SSSR count). The van der Waals surface area contributed by atoms with E-state index in [2.05, 4.69) is 20.6 Å². The molecule has 0 spiro atoms. The molecule has 0 aliphatic carbocycles. The maximum atomic E-state index is 12.7. The fourth-order valence-corrected chi connectivity index (χ4v) is 4.17. The van der Waals surface area contributed by atoms with Gasteiger partial charge < -0.3 is 9.32 Å². The number of hydrogen-bond donors (Lipinski definition) is 3. The molecule has 146 valence electrons. The van der Waals surface area contributed by atoms with Crippen molar-refractivity contribution in [2.75, 3.05) is 20.6 Å². The van der Waals surface area contributed by atoms with Crippen molar-refractivity contribution in [3.05, 3.63) is 47.7 Å². The van der Waals surface area contributed by atoms with Gasteiger partial charge in [-0.05, 0) is 19.1 Å². The van der Waals surface area contributed by atoms with Crippen LogP contribution in [0, 0.1) is 12.8 Å². The summed E-state index contributed by atoms with van der Waals surface area (Å²) in [7, 11) is -0.413. The second-order valence-corrected chi connectivity index (χ2v) is 8.29. The molecule has 3 N–H and O–H groups in total. The molecule has 1 aliphatic heterocycles. The van der Waals surface area contributed by atoms with E-state index in [0.29, 0.717) is 18.0 Å². The summed E-state index contributed by atoms with van der Waals surface area (Å²) in [5.41, 5.74) is 6.54. The van der Waals surface area contributed by atoms with Crippen LogP contribution >= 0.6 is 0 Å². The standard InChI is InChI=1S/C17H23N5O4S/c1-11-15(27(24,25)20-9-12-6-4-5-7-18-12)8-14(26-11)16-13(10-19-21-16)17(23)22(2)3/h4-8,13,16,19-21H,9-10H2,1-3H3. The topological polar surface area (TPSA) is 117 Å². The lowest BCUT2D eigenvalue weighted by Gasteiger charge is -2.19. The van der Waals surface area contributed by atoms with Crippen LogP contribution in [0.25, 0.3) is 0 Å². The third kappa shape index (κ3) is 4.19. The number of aromatic nitrogens is 1. The molecule has 3 heterocycles. The number of sulfonamides is 1. The third-order valence-electron chi connectivity index (χ3n) is 4.40. The van der Waals surface area contributed by atoms with Crippen LogP contribution in [0.1, 0.15) is 23.3 Å². The molecule has 9 nitrogen and oxygen atoms in total. The highest BCUT2D eigenvalue weighted by atomic mass is 32.2. The van der Waals surface area contributed by atoms with Gasteiger partial charge in [-0.25, -0.2) is 18.6 Å². The first-order valence-electron chi connectivity index (χ1n) is 8.49. The average molecular weight is 393 g/mol. The van der Waals surface area contributed by atoms with Crippen LogP contribution in [-0.4, -0.2) is 44.8 Å². The summed E-state index contributed by atoms with van der Waals surface area (Å²) in [6.45, 7) is 2.10. The zero-order chi connectivity index (χ0) is 19.6. The Morgan fingerprint density at radius 3 is 2.85 bits per heavy atom. The first kappa shape index (κ1) is 19.5. The van der Waals surface area contributed by atoms with E-state index < -0.39 is 16.1 Å². The van der Waals surface area contributed by atoms with Crippen LogP contribution in [0.15, 0.2) is 39.8 Å². The predicted molar refractivity (Wildman–Crippen MR) is 97.8 cm³/mol. The SMILES string of the molecule is Cc1oc(C2NNCC2C(=O)N(C)C)cc1S(=O)(=O)NCc1ccccn1. The van der Waals surface area contributed by atoms with Gasteiger partial charge in [0.05, 0.1) is 24.2 Å². The van der Waals surface area contributed by atoms with Crippen molar-refractivity contribution in [1.82, 2.24) is 25.5 Å². The van der Waals surface area contributed by atoms with Crippen LogP contribution in [0.2, 0.25) is 0 Å². The minimum atomic E-state index is -3.78. The molecule has 0 aromatic carbocycles. The Bertz CT molecular complexity index is 911. The molecular formula is C17H23N5O4S. The number of nitrogens with one attached hydrogen (secondary N) is 3. The molecule has 2 aromatic heterocycles. The normalized spacial score (nSPS) is 20.0. The molecule has 2 unspecified atom stereocenters. The zero-order valence-corrected chi connectivity index (χ0v) is 16.2. The molecule has 1 saturated heterocycles. The van der Waals surface area contributed by atoms with E-state index in [9.17, 15) is 13.2 Å². The van der Waals surface area contributed by atoms with Gasteiger partial charge in [0.15, 0.2) is 0 Å². The quantitative estimate of drug-likeness (QED) is 0.647. The van der Waals surface area contributed by atoms with Gasteiger partial charge in [-0.1, -0.05) is 6.07 Å². The van der Waals surface area contributed by atoms with Crippen molar-refractivity contribution in [1.29, 1.82) is 0 Å². The van der Waals surface area contributed by atoms with E-state index in [1.165, 1.54) is 11.0 Å². The van der Waals surface area contributed by atoms with Crippen LogP contribution in [0.3, 0.4) is 0 Å². The molecule has 1 fully saturated rings. The van der Waals surface area contributed by atoms with E-state index in [4.69, 9.17) is 4.42 Å². The summed E-state index contributed by atoms with van der Waals surface area (Å²) in [5, 5.41) is 0. The summed E-state index contributed by atoms with van der Waals surface area (Å²) >= 11 is 0. The van der Waals surface area contributed by atoms with Gasteiger partial charge in [-0.3, -0.25) is 15.2 Å². The van der Waals surface area contributed by atoms with Crippen LogP contribution < -0.4 is 15.6 Å². The molecule has 0 bridgehead atoms. The maximum absolute atomic E-state index is 12.7. The Labute approximate surface area is 158 Å². The van der Waals surface area contributed by atoms with E-state index in [-0.39, 0.29) is 29.0 Å². The largest absolute Gasteiger partial charge is 0.463 e. The Kier molecular flexibility index (Phi) is 5.61. The van der Waals surface area contributed by atoms with Gasteiger partial charge in [-0.15, -0.1) is 0 Å². The van der Waals surface area contributed by atoms with E-state index >= 15 is 0 Å². The highest BCUT2D eigenvalue weighted by molar-refractivity contribution is 7.89. The van der Waals surface area contributed by atoms with Gasteiger partial charge in [0, 0.05) is 32.9 Å². The number of carbonyl (C=O) groups is 1. The lowest BCUT2D eigenvalue weighted by Crippen LogP contribution is -2.34. The third-order valence-corrected chi connectivity index (χ3v) is 5.91. The lowest BCUT2D eigenvalue weighted by atomic mass is 9.98. The van der Waals surface area contributed by atoms with Crippen molar-refractivity contribution in [3.8, 4) is 0 Å². The number of pyridine rings is 1. The number of nitrogens with zero attached hydrogens (tertiary/aromatic N) is 2. The number of aryl methyl sites for hydroxylation is 1. The van der Waals surface area contributed by atoms with Crippen molar-refractivity contribution >= 4 is 15.9 Å². The van der Waals surface area contributed by atoms with Gasteiger partial charge in [0.25, 0.3) is 0 Å². The molecule has 1 amide bonds. The molecule has 2 atom stereocenters. The molecule has 10 heteroatoms. The first-order chi connectivity index (χ1) is 12.8. The number of carbonyl (C=O) groups excluding carboxylic acids is 1. The predicted octanol–water partition coefficient (Wildman–Crippen LogP) is 0.315. The van der Waals surface area contributed by atoms with Crippen molar-refractivity contribution in [2.24, 2.45) is 5.92 Å². The van der Waals surface area contributed by atoms with Crippen molar-refractivity contribution < 1.29 is 17.6 Å². The summed E-state index contributed by atoms with van der Waals surface area (Å²) in [4.78, 5) is 18.0. The second-order valence-electron chi connectivity index (χ2n) is 6.56. The molecule has 2 aromatic rings. The Morgan fingerprint density at radius 2 is 2.19 bits per heavy atom. The average Bonchev–Trinajstić information content (AvgIpc) is 3.27. The summed E-state index contributed by atoms with van der Waals surface area (Å²) < 4.78 is 33.6. The molecule has 1 aliphatic rings. The van der Waals surface area contributed by atoms with E-state index in [1.807, 2.05) is 0 Å². The number of hydrogen-bond acceptors (Lipinski definition) is 7. The highest BCUT2D eigenvalue weighted by Crippen LogP contribution is 2.31. The number of amides is 1. The van der Waals surface area contributed by atoms with Crippen LogP contribution in [0.5, 0.6) is 0 Å². The van der Waals surface area contributed by atoms with Crippen molar-refractivity contribution in [3.63, 3.8) is 0 Å². The van der Waals surface area contributed by atoms with E-state index in [0.717, 1.165) is 0 Å². The molecule has 0 radical (unpaired) electrons. The fourth-order valence-electron chi connectivity index (χ4n) is 2.99. The molecular weight excluding hydrogens is 370 g/mol. The smallest absolute Gasteiger partial charge is 0.244 e. The molecule has 0 saturated carbocycles. The van der Waals surface area contributed by atoms with Crippen LogP contribution in [0.4, 0.5) is 0 Å². The minimum Gasteiger partial charge on any atom is -0.463 e. The Balaban J connectivity index is 1.80. The Hall–Kier alpha value is -2.27. The van der Waals surface area contributed by atoms with Crippen molar-refractivity contribution in [2.45, 2.75) is 24.4 Å². The summed E-state index contributed by atoms with van der Waals surface area (Å²) in [6, 6.07) is 6.31. The van der Waals surface area contributed by atoms with E-state index in [1.54, 1.807) is 45.4 Å². The fraction of sp³-hybridized carbons (Fsp3) is 0.412. The second kappa shape index (κ2) is 7.77. The summed E-state index contributed by atoms with van der Waals surface area (Å²) in [5.74, 6) is 0.214. The van der Waals surface area contributed by atoms with Gasteiger partial charge in [0.2, 0.25) is 15.9 Å². The zero-order valence-electron chi connectivity index (χ0n) is 15.4. The number of furan rings is 1. The summed E-state index contributed by atoms with van der Waals surface area (Å²) in [6.07, 6.45) is 1.60. The van der Waals surface area contributed by atoms with Gasteiger partial charge in [-0.2, -0.15) is 0 Å². The van der Waals surface area contributed by atoms with Crippen LogP contribution in [-0.2, 0) is 21.4 Å². The molecule has 27 heavy (non-hydrogen) atoms. The monoisotopic (exact) mass is 393 g/mol. The Morgan fingerprint density at radius 1 is 1.41 bits per heavy atom. The number of rotatable bonds is 6. The minimum absolute atomic E-state index is 0.0539. The highest BCUT2D eigenvalue weighted by Gasteiger charge is 2.38.